The van der Waals surface area contributed by atoms with Crippen molar-refractivity contribution in [3.63, 3.8) is 0 Å². The minimum atomic E-state index is 0.954. The van der Waals surface area contributed by atoms with Crippen molar-refractivity contribution in [1.29, 1.82) is 0 Å². The topological polar surface area (TPSA) is 28.6 Å². The van der Waals surface area contributed by atoms with Crippen LogP contribution in [0, 0.1) is 13.8 Å². The summed E-state index contributed by atoms with van der Waals surface area (Å²) in [6.45, 7) is 10.8. The Morgan fingerprint density at radius 2 is 1.68 bits per heavy atom. The van der Waals surface area contributed by atoms with Gasteiger partial charge >= 0.3 is 0 Å². The third kappa shape index (κ3) is 4.59. The number of ether oxygens (including phenoxy) is 1. The van der Waals surface area contributed by atoms with Gasteiger partial charge in [0.25, 0.3) is 0 Å². The molecule has 0 amide bonds. The van der Waals surface area contributed by atoms with E-state index in [1.165, 1.54) is 23.1 Å². The first kappa shape index (κ1) is 17.9. The van der Waals surface area contributed by atoms with Crippen molar-refractivity contribution in [1.82, 2.24) is 14.8 Å². The molecule has 2 heterocycles. The van der Waals surface area contributed by atoms with Gasteiger partial charge in [-0.1, -0.05) is 12.1 Å². The maximum Gasteiger partial charge on any atom is 0.122 e. The molecule has 1 saturated heterocycles. The van der Waals surface area contributed by atoms with E-state index < -0.39 is 0 Å². The van der Waals surface area contributed by atoms with Crippen molar-refractivity contribution in [2.24, 2.45) is 0 Å². The van der Waals surface area contributed by atoms with Gasteiger partial charge in [-0.2, -0.15) is 0 Å². The van der Waals surface area contributed by atoms with Crippen molar-refractivity contribution in [3.8, 4) is 5.75 Å². The number of hydrogen-bond acceptors (Lipinski definition) is 4. The number of rotatable bonds is 5. The van der Waals surface area contributed by atoms with Gasteiger partial charge in [-0.05, 0) is 68.2 Å². The summed E-state index contributed by atoms with van der Waals surface area (Å²) in [6, 6.07) is 10.5. The fraction of sp³-hybridized carbons (Fsp3) is 0.476. The van der Waals surface area contributed by atoms with Crippen molar-refractivity contribution >= 4 is 0 Å². The summed E-state index contributed by atoms with van der Waals surface area (Å²) in [5, 5.41) is 0. The van der Waals surface area contributed by atoms with E-state index in [1.807, 2.05) is 12.3 Å². The lowest BCUT2D eigenvalue weighted by atomic mass is 10.0. The Bertz CT molecular complexity index is 687. The zero-order valence-electron chi connectivity index (χ0n) is 15.7. The molecule has 0 spiro atoms. The van der Waals surface area contributed by atoms with Crippen LogP contribution in [-0.4, -0.2) is 48.1 Å². The van der Waals surface area contributed by atoms with Gasteiger partial charge in [0.2, 0.25) is 0 Å². The zero-order valence-corrected chi connectivity index (χ0v) is 15.7. The molecular formula is C21H29N3O. The Balaban J connectivity index is 1.59. The lowest BCUT2D eigenvalue weighted by Crippen LogP contribution is -2.30. The third-order valence-electron chi connectivity index (χ3n) is 5.26. The van der Waals surface area contributed by atoms with Crippen molar-refractivity contribution in [2.75, 3.05) is 33.3 Å². The first-order valence-electron chi connectivity index (χ1n) is 9.15. The number of methoxy groups -OCH3 is 1. The summed E-state index contributed by atoms with van der Waals surface area (Å²) < 4.78 is 5.44. The molecule has 3 rings (SSSR count). The van der Waals surface area contributed by atoms with Crippen molar-refractivity contribution in [3.05, 3.63) is 58.9 Å². The Morgan fingerprint density at radius 1 is 0.920 bits per heavy atom. The molecule has 4 heteroatoms. The molecule has 1 aromatic heterocycles. The van der Waals surface area contributed by atoms with Gasteiger partial charge in [0.05, 0.1) is 12.8 Å². The second kappa shape index (κ2) is 8.45. The molecule has 1 fully saturated rings. The average Bonchev–Trinajstić information content (AvgIpc) is 2.85. The average molecular weight is 339 g/mol. The highest BCUT2D eigenvalue weighted by atomic mass is 16.5. The molecule has 0 radical (unpaired) electrons. The predicted octanol–water partition coefficient (Wildman–Crippen LogP) is 3.41. The van der Waals surface area contributed by atoms with Crippen LogP contribution in [0.5, 0.6) is 5.75 Å². The molecule has 0 aliphatic carbocycles. The number of nitrogens with zero attached hydrogens (tertiary/aromatic N) is 3. The number of hydrogen-bond donors (Lipinski definition) is 0. The van der Waals surface area contributed by atoms with Crippen molar-refractivity contribution in [2.45, 2.75) is 33.4 Å². The molecule has 1 aromatic carbocycles. The van der Waals surface area contributed by atoms with Crippen LogP contribution < -0.4 is 4.74 Å². The maximum atomic E-state index is 5.44. The summed E-state index contributed by atoms with van der Waals surface area (Å²) in [7, 11) is 1.74. The molecule has 4 nitrogen and oxygen atoms in total. The highest BCUT2D eigenvalue weighted by Gasteiger charge is 2.17. The Hall–Kier alpha value is -1.91. The van der Waals surface area contributed by atoms with E-state index in [9.17, 15) is 0 Å². The first-order valence-corrected chi connectivity index (χ1v) is 9.15. The molecule has 1 aliphatic heterocycles. The summed E-state index contributed by atoms with van der Waals surface area (Å²) in [5.41, 5.74) is 5.19. The van der Waals surface area contributed by atoms with E-state index >= 15 is 0 Å². The summed E-state index contributed by atoms with van der Waals surface area (Å²) >= 11 is 0. The SMILES string of the molecule is COc1ccc(CN2CCCN(Cc3ccccn3)CC2)c(C)c1C. The van der Waals surface area contributed by atoms with Gasteiger partial charge in [-0.25, -0.2) is 0 Å². The second-order valence-corrected chi connectivity index (χ2v) is 6.90. The zero-order chi connectivity index (χ0) is 17.6. The first-order chi connectivity index (χ1) is 12.2. The van der Waals surface area contributed by atoms with Gasteiger partial charge < -0.3 is 4.74 Å². The van der Waals surface area contributed by atoms with E-state index in [-0.39, 0.29) is 0 Å². The number of pyridine rings is 1. The molecule has 0 N–H and O–H groups in total. The molecule has 134 valence electrons. The summed E-state index contributed by atoms with van der Waals surface area (Å²) in [6.07, 6.45) is 3.09. The van der Waals surface area contributed by atoms with Crippen LogP contribution >= 0.6 is 0 Å². The molecular weight excluding hydrogens is 310 g/mol. The minimum Gasteiger partial charge on any atom is -0.496 e. The smallest absolute Gasteiger partial charge is 0.122 e. The van der Waals surface area contributed by atoms with Gasteiger partial charge in [0.15, 0.2) is 0 Å². The quantitative estimate of drug-likeness (QED) is 0.835. The fourth-order valence-corrected chi connectivity index (χ4v) is 3.55. The largest absolute Gasteiger partial charge is 0.496 e. The highest BCUT2D eigenvalue weighted by Crippen LogP contribution is 2.25. The van der Waals surface area contributed by atoms with Crippen LogP contribution in [0.1, 0.15) is 28.8 Å². The molecule has 0 unspecified atom stereocenters. The van der Waals surface area contributed by atoms with Crippen LogP contribution in [0.3, 0.4) is 0 Å². The second-order valence-electron chi connectivity index (χ2n) is 6.90. The van der Waals surface area contributed by atoms with E-state index in [4.69, 9.17) is 4.74 Å². The molecule has 25 heavy (non-hydrogen) atoms. The number of benzene rings is 1. The highest BCUT2D eigenvalue weighted by molar-refractivity contribution is 5.43. The van der Waals surface area contributed by atoms with Crippen LogP contribution in [0.2, 0.25) is 0 Å². The minimum absolute atomic E-state index is 0.954. The molecule has 0 atom stereocenters. The van der Waals surface area contributed by atoms with E-state index in [2.05, 4.69) is 52.9 Å². The maximum absolute atomic E-state index is 5.44. The van der Waals surface area contributed by atoms with Crippen LogP contribution in [0.15, 0.2) is 36.5 Å². The van der Waals surface area contributed by atoms with Gasteiger partial charge in [-0.15, -0.1) is 0 Å². The third-order valence-corrected chi connectivity index (χ3v) is 5.26. The molecule has 0 saturated carbocycles. The van der Waals surface area contributed by atoms with Crippen LogP contribution in [-0.2, 0) is 13.1 Å². The van der Waals surface area contributed by atoms with Gasteiger partial charge in [0, 0.05) is 32.4 Å². The van der Waals surface area contributed by atoms with Gasteiger partial charge in [-0.3, -0.25) is 14.8 Å². The Labute approximate surface area is 151 Å². The summed E-state index contributed by atoms with van der Waals surface area (Å²) in [4.78, 5) is 9.56. The van der Waals surface area contributed by atoms with Gasteiger partial charge in [0.1, 0.15) is 5.75 Å². The van der Waals surface area contributed by atoms with Crippen LogP contribution in [0.25, 0.3) is 0 Å². The molecule has 2 aromatic rings. The monoisotopic (exact) mass is 339 g/mol. The Morgan fingerprint density at radius 3 is 2.36 bits per heavy atom. The molecule has 0 bridgehead atoms. The Kier molecular flexibility index (Phi) is 6.05. The van der Waals surface area contributed by atoms with Crippen molar-refractivity contribution < 1.29 is 4.74 Å². The normalized spacial score (nSPS) is 16.6. The molecule has 1 aliphatic rings. The standard InChI is InChI=1S/C21H29N3O/c1-17-18(2)21(25-3)9-8-19(17)15-23-11-6-12-24(14-13-23)16-20-7-4-5-10-22-20/h4-5,7-10H,6,11-16H2,1-3H3. The fourth-order valence-electron chi connectivity index (χ4n) is 3.55. The van der Waals surface area contributed by atoms with E-state index in [1.54, 1.807) is 7.11 Å². The summed E-state index contributed by atoms with van der Waals surface area (Å²) in [5.74, 6) is 0.985. The predicted molar refractivity (Wildman–Crippen MR) is 102 cm³/mol. The lowest BCUT2D eigenvalue weighted by Gasteiger charge is -2.23. The van der Waals surface area contributed by atoms with E-state index in [0.717, 1.165) is 50.7 Å². The van der Waals surface area contributed by atoms with E-state index in [0.29, 0.717) is 0 Å². The number of aromatic nitrogens is 1. The lowest BCUT2D eigenvalue weighted by molar-refractivity contribution is 0.245. The van der Waals surface area contributed by atoms with Crippen LogP contribution in [0.4, 0.5) is 0 Å².